The summed E-state index contributed by atoms with van der Waals surface area (Å²) in [6, 6.07) is 22.2. The van der Waals surface area contributed by atoms with Crippen LogP contribution >= 0.6 is 0 Å². The summed E-state index contributed by atoms with van der Waals surface area (Å²) in [5.41, 5.74) is 7.36. The van der Waals surface area contributed by atoms with E-state index >= 15 is 0 Å². The summed E-state index contributed by atoms with van der Waals surface area (Å²) in [6.07, 6.45) is -0.896. The van der Waals surface area contributed by atoms with Crippen molar-refractivity contribution >= 4 is 57.0 Å². The van der Waals surface area contributed by atoms with Crippen LogP contribution in [0.15, 0.2) is 84.9 Å². The third-order valence-electron chi connectivity index (χ3n) is 10.4. The minimum atomic E-state index is -1.35. The average molecular weight is 823 g/mol. The Morgan fingerprint density at radius 1 is 0.567 bits per heavy atom. The second kappa shape index (κ2) is 22.0. The van der Waals surface area contributed by atoms with Gasteiger partial charge in [-0.2, -0.15) is 0 Å². The predicted octanol–water partition coefficient (Wildman–Crippen LogP) is 4.21. The van der Waals surface area contributed by atoms with Crippen LogP contribution in [-0.2, 0) is 41.6 Å². The number of nitrogens with one attached hydrogen (secondary N) is 5. The summed E-state index contributed by atoms with van der Waals surface area (Å²) >= 11 is 0. The average Bonchev–Trinajstić information content (AvgIpc) is 3.17. The lowest BCUT2D eigenvalue weighted by Crippen LogP contribution is -2.58. The minimum Gasteiger partial charge on any atom is -0.390 e. The summed E-state index contributed by atoms with van der Waals surface area (Å²) in [5.74, 6) is -3.84. The molecule has 322 valence electrons. The summed E-state index contributed by atoms with van der Waals surface area (Å²) in [6.45, 7) is 12.5. The Morgan fingerprint density at radius 2 is 1.07 bits per heavy atom. The van der Waals surface area contributed by atoms with Gasteiger partial charge in [-0.15, -0.1) is 0 Å². The number of hydrogen-bond donors (Lipinski definition) is 7. The van der Waals surface area contributed by atoms with Crippen LogP contribution in [0.1, 0.15) is 78.9 Å². The Hall–Kier alpha value is -5.82. The number of benzene rings is 4. The molecule has 4 aromatic carbocycles. The van der Waals surface area contributed by atoms with Crippen molar-refractivity contribution in [1.82, 2.24) is 26.6 Å². The lowest BCUT2D eigenvalue weighted by molar-refractivity contribution is -0.134. The van der Waals surface area contributed by atoms with Crippen molar-refractivity contribution < 1.29 is 33.9 Å². The molecule has 4 aromatic rings. The number of amides is 6. The molecule has 0 heterocycles. The van der Waals surface area contributed by atoms with E-state index in [4.69, 9.17) is 5.73 Å². The standard InChI is InChI=1S/C47H62N6O7/c1-27(2)20-37(51-47(60)43(29(5)6)53-46(59)40(49-30(7)54)25-32-17-19-34-13-9-11-15-36(34)23-32)41(55)26-42(56)50-39(21-28(3)4)45(58)52-38(44(48)57)24-31-16-18-33-12-8-10-14-35(33)22-31/h8-19,22-23,27-29,37-41,43,55H,20-21,24-26H2,1-7H3,(H2,48,57)(H,49,54)(H,50,56)(H,51,60)(H,52,58)(H,53,59)/t37?,38-,39-,40-,41?,43-/m0/s1. The van der Waals surface area contributed by atoms with Crippen LogP contribution in [0.4, 0.5) is 0 Å². The van der Waals surface area contributed by atoms with Crippen LogP contribution in [-0.4, -0.2) is 76.9 Å². The molecule has 6 amide bonds. The lowest BCUT2D eigenvalue weighted by atomic mass is 9.95. The van der Waals surface area contributed by atoms with E-state index in [0.29, 0.717) is 6.42 Å². The molecule has 2 unspecified atom stereocenters. The molecule has 0 saturated carbocycles. The first-order chi connectivity index (χ1) is 28.4. The summed E-state index contributed by atoms with van der Waals surface area (Å²) in [4.78, 5) is 79.4. The van der Waals surface area contributed by atoms with Gasteiger partial charge >= 0.3 is 0 Å². The summed E-state index contributed by atoms with van der Waals surface area (Å²) < 4.78 is 0. The number of carbonyl (C=O) groups excluding carboxylic acids is 6. The maximum atomic E-state index is 13.9. The van der Waals surface area contributed by atoms with Crippen molar-refractivity contribution in [2.45, 2.75) is 117 Å². The van der Waals surface area contributed by atoms with Gasteiger partial charge in [-0.3, -0.25) is 28.8 Å². The van der Waals surface area contributed by atoms with E-state index in [-0.39, 0.29) is 37.0 Å². The molecule has 0 aliphatic heterocycles. The van der Waals surface area contributed by atoms with Crippen LogP contribution in [0.3, 0.4) is 0 Å². The molecule has 13 heteroatoms. The van der Waals surface area contributed by atoms with Crippen molar-refractivity contribution in [3.63, 3.8) is 0 Å². The van der Waals surface area contributed by atoms with E-state index < -0.39 is 78.2 Å². The Morgan fingerprint density at radius 3 is 1.55 bits per heavy atom. The van der Waals surface area contributed by atoms with Crippen LogP contribution in [0.5, 0.6) is 0 Å². The number of primary amides is 1. The zero-order chi connectivity index (χ0) is 44.1. The minimum absolute atomic E-state index is 0.000920. The highest BCUT2D eigenvalue weighted by Crippen LogP contribution is 2.19. The van der Waals surface area contributed by atoms with E-state index in [1.807, 2.05) is 113 Å². The number of carbonyl (C=O) groups is 6. The van der Waals surface area contributed by atoms with Crippen molar-refractivity contribution in [2.75, 3.05) is 0 Å². The second-order valence-electron chi connectivity index (χ2n) is 17.0. The third kappa shape index (κ3) is 14.2. The molecule has 0 saturated heterocycles. The Labute approximate surface area is 353 Å². The fourth-order valence-corrected chi connectivity index (χ4v) is 7.32. The largest absolute Gasteiger partial charge is 0.390 e. The van der Waals surface area contributed by atoms with Crippen LogP contribution < -0.4 is 32.3 Å². The first-order valence-electron chi connectivity index (χ1n) is 20.8. The highest BCUT2D eigenvalue weighted by Gasteiger charge is 2.33. The predicted molar refractivity (Wildman–Crippen MR) is 234 cm³/mol. The van der Waals surface area contributed by atoms with Crippen molar-refractivity contribution in [3.05, 3.63) is 96.1 Å². The molecule has 0 bridgehead atoms. The number of aliphatic hydroxyl groups excluding tert-OH is 1. The molecule has 6 atom stereocenters. The number of hydrogen-bond acceptors (Lipinski definition) is 7. The maximum absolute atomic E-state index is 13.9. The molecule has 60 heavy (non-hydrogen) atoms. The van der Waals surface area contributed by atoms with Gasteiger partial charge in [0.05, 0.1) is 18.6 Å². The molecule has 0 spiro atoms. The van der Waals surface area contributed by atoms with Crippen LogP contribution in [0.2, 0.25) is 0 Å². The Kier molecular flexibility index (Phi) is 17.2. The van der Waals surface area contributed by atoms with Gasteiger partial charge < -0.3 is 37.4 Å². The highest BCUT2D eigenvalue weighted by molar-refractivity contribution is 5.93. The third-order valence-corrected chi connectivity index (χ3v) is 10.4. The molecular formula is C47H62N6O7. The molecule has 4 rings (SSSR count). The van der Waals surface area contributed by atoms with Crippen molar-refractivity contribution in [3.8, 4) is 0 Å². The topological polar surface area (TPSA) is 209 Å². The number of rotatable bonds is 21. The van der Waals surface area contributed by atoms with E-state index in [1.54, 1.807) is 13.8 Å². The molecule has 8 N–H and O–H groups in total. The second-order valence-corrected chi connectivity index (χ2v) is 17.0. The van der Waals surface area contributed by atoms with Crippen LogP contribution in [0.25, 0.3) is 21.5 Å². The van der Waals surface area contributed by atoms with Gasteiger partial charge in [0.1, 0.15) is 24.2 Å². The lowest BCUT2D eigenvalue weighted by Gasteiger charge is -2.30. The van der Waals surface area contributed by atoms with Crippen LogP contribution in [0, 0.1) is 17.8 Å². The van der Waals surface area contributed by atoms with E-state index in [9.17, 15) is 33.9 Å². The molecular weight excluding hydrogens is 761 g/mol. The van der Waals surface area contributed by atoms with Crippen molar-refractivity contribution in [1.29, 1.82) is 0 Å². The first kappa shape index (κ1) is 46.9. The van der Waals surface area contributed by atoms with Gasteiger partial charge in [-0.1, -0.05) is 126 Å². The van der Waals surface area contributed by atoms with Gasteiger partial charge in [-0.05, 0) is 63.3 Å². The molecule has 0 aliphatic rings. The van der Waals surface area contributed by atoms with Gasteiger partial charge in [0.25, 0.3) is 0 Å². The van der Waals surface area contributed by atoms with E-state index in [0.717, 1.165) is 32.7 Å². The quantitative estimate of drug-likeness (QED) is 0.0651. The monoisotopic (exact) mass is 822 g/mol. The molecule has 0 fully saturated rings. The number of aliphatic hydroxyl groups is 1. The fraction of sp³-hybridized carbons (Fsp3) is 0.447. The smallest absolute Gasteiger partial charge is 0.243 e. The highest BCUT2D eigenvalue weighted by atomic mass is 16.3. The van der Waals surface area contributed by atoms with E-state index in [2.05, 4.69) is 26.6 Å². The molecule has 0 aromatic heterocycles. The normalized spacial score (nSPS) is 14.5. The van der Waals surface area contributed by atoms with Gasteiger partial charge in [0.2, 0.25) is 35.4 Å². The molecule has 0 aliphatic carbocycles. The molecule has 0 radical (unpaired) electrons. The SMILES string of the molecule is CC(=O)N[C@@H](Cc1ccc2ccccc2c1)C(=O)N[C@H](C(=O)NC(CC(C)C)C(O)CC(=O)N[C@@H](CC(C)C)C(=O)N[C@@H](Cc1ccc2ccccc2c1)C(N)=O)C(C)C. The first-order valence-corrected chi connectivity index (χ1v) is 20.8. The number of nitrogens with two attached hydrogens (primary N) is 1. The van der Waals surface area contributed by atoms with Gasteiger partial charge in [0.15, 0.2) is 0 Å². The summed E-state index contributed by atoms with van der Waals surface area (Å²) in [7, 11) is 0. The zero-order valence-corrected chi connectivity index (χ0v) is 35.8. The maximum Gasteiger partial charge on any atom is 0.243 e. The molecule has 13 nitrogen and oxygen atoms in total. The Bertz CT molecular complexity index is 2140. The van der Waals surface area contributed by atoms with Gasteiger partial charge in [-0.25, -0.2) is 0 Å². The zero-order valence-electron chi connectivity index (χ0n) is 35.8. The van der Waals surface area contributed by atoms with E-state index in [1.165, 1.54) is 6.92 Å². The number of fused-ring (bicyclic) bond motifs is 2. The van der Waals surface area contributed by atoms with Crippen molar-refractivity contribution in [2.24, 2.45) is 23.5 Å². The Balaban J connectivity index is 1.42. The summed E-state index contributed by atoms with van der Waals surface area (Å²) in [5, 5.41) is 29.3. The fourth-order valence-electron chi connectivity index (χ4n) is 7.32. The van der Waals surface area contributed by atoms with Gasteiger partial charge in [0, 0.05) is 19.8 Å².